The van der Waals surface area contributed by atoms with Gasteiger partial charge < -0.3 is 14.2 Å². The van der Waals surface area contributed by atoms with Gasteiger partial charge in [0.2, 0.25) is 0 Å². The molecule has 184 valence electrons. The summed E-state index contributed by atoms with van der Waals surface area (Å²) in [6.45, 7) is 1.78. The lowest BCUT2D eigenvalue weighted by molar-refractivity contribution is -0.0254. The standard InChI is InChI=1S/C28H24O8/c1-18(29)22-12-6-8-14-24(22)27(32)34-16-21(36-26(31)20-10-4-3-5-11-20)17-35-28(33)25-15-9-7-13-23(25)19(2)30/h3-15,21H,16-17H2,1-2H3. The number of hydrogen-bond donors (Lipinski definition) is 0. The van der Waals surface area contributed by atoms with E-state index >= 15 is 0 Å². The van der Waals surface area contributed by atoms with Crippen LogP contribution in [0.15, 0.2) is 78.9 Å². The van der Waals surface area contributed by atoms with Crippen LogP contribution in [0.25, 0.3) is 0 Å². The van der Waals surface area contributed by atoms with Crippen molar-refractivity contribution in [1.29, 1.82) is 0 Å². The molecule has 3 rings (SSSR count). The van der Waals surface area contributed by atoms with Gasteiger partial charge in [0.05, 0.1) is 16.7 Å². The maximum atomic E-state index is 12.6. The summed E-state index contributed by atoms with van der Waals surface area (Å²) in [4.78, 5) is 61.6. The smallest absolute Gasteiger partial charge is 0.339 e. The van der Waals surface area contributed by atoms with Crippen LogP contribution in [0.4, 0.5) is 0 Å². The van der Waals surface area contributed by atoms with Gasteiger partial charge in [-0.3, -0.25) is 9.59 Å². The highest BCUT2D eigenvalue weighted by Crippen LogP contribution is 2.14. The predicted molar refractivity (Wildman–Crippen MR) is 129 cm³/mol. The number of ketones is 2. The van der Waals surface area contributed by atoms with Crippen molar-refractivity contribution in [2.24, 2.45) is 0 Å². The molecule has 0 spiro atoms. The van der Waals surface area contributed by atoms with E-state index in [1.54, 1.807) is 54.6 Å². The van der Waals surface area contributed by atoms with E-state index in [-0.39, 0.29) is 39.4 Å². The van der Waals surface area contributed by atoms with E-state index in [1.165, 1.54) is 38.1 Å². The summed E-state index contributed by atoms with van der Waals surface area (Å²) in [6, 6.07) is 20.4. The highest BCUT2D eigenvalue weighted by Gasteiger charge is 2.23. The van der Waals surface area contributed by atoms with E-state index in [1.807, 2.05) is 0 Å². The third-order valence-corrected chi connectivity index (χ3v) is 5.14. The maximum absolute atomic E-state index is 12.6. The van der Waals surface area contributed by atoms with Crippen molar-refractivity contribution in [3.8, 4) is 0 Å². The number of carbonyl (C=O) groups excluding carboxylic acids is 5. The average Bonchev–Trinajstić information content (AvgIpc) is 2.90. The Kier molecular flexibility index (Phi) is 8.83. The van der Waals surface area contributed by atoms with Crippen LogP contribution >= 0.6 is 0 Å². The largest absolute Gasteiger partial charge is 0.458 e. The molecule has 0 saturated carbocycles. The Morgan fingerprint density at radius 3 is 1.36 bits per heavy atom. The molecular formula is C28H24O8. The fourth-order valence-electron chi connectivity index (χ4n) is 3.34. The normalized spacial score (nSPS) is 10.4. The molecule has 36 heavy (non-hydrogen) atoms. The van der Waals surface area contributed by atoms with Crippen molar-refractivity contribution in [2.75, 3.05) is 13.2 Å². The van der Waals surface area contributed by atoms with Gasteiger partial charge in [-0.15, -0.1) is 0 Å². The quantitative estimate of drug-likeness (QED) is 0.235. The lowest BCUT2D eigenvalue weighted by Crippen LogP contribution is -2.31. The minimum absolute atomic E-state index is 0.0607. The van der Waals surface area contributed by atoms with Gasteiger partial charge in [-0.2, -0.15) is 0 Å². The van der Waals surface area contributed by atoms with E-state index in [0.29, 0.717) is 0 Å². The summed E-state index contributed by atoms with van der Waals surface area (Å²) in [7, 11) is 0. The minimum Gasteiger partial charge on any atom is -0.458 e. The average molecular weight is 488 g/mol. The molecule has 3 aromatic carbocycles. The van der Waals surface area contributed by atoms with Gasteiger partial charge in [0.1, 0.15) is 13.2 Å². The molecule has 3 aromatic rings. The highest BCUT2D eigenvalue weighted by molar-refractivity contribution is 6.06. The lowest BCUT2D eigenvalue weighted by Gasteiger charge is -2.19. The molecular weight excluding hydrogens is 464 g/mol. The summed E-state index contributed by atoms with van der Waals surface area (Å²) in [5, 5.41) is 0. The van der Waals surface area contributed by atoms with Gasteiger partial charge in [-0.1, -0.05) is 54.6 Å². The zero-order valence-electron chi connectivity index (χ0n) is 19.8. The highest BCUT2D eigenvalue weighted by atomic mass is 16.6. The molecule has 0 N–H and O–H groups in total. The van der Waals surface area contributed by atoms with Gasteiger partial charge in [0.25, 0.3) is 0 Å². The van der Waals surface area contributed by atoms with Crippen LogP contribution in [0.5, 0.6) is 0 Å². The van der Waals surface area contributed by atoms with Crippen molar-refractivity contribution in [1.82, 2.24) is 0 Å². The second kappa shape index (κ2) is 12.2. The molecule has 0 radical (unpaired) electrons. The van der Waals surface area contributed by atoms with E-state index in [9.17, 15) is 24.0 Å². The van der Waals surface area contributed by atoms with E-state index in [4.69, 9.17) is 14.2 Å². The van der Waals surface area contributed by atoms with Crippen molar-refractivity contribution in [2.45, 2.75) is 20.0 Å². The van der Waals surface area contributed by atoms with Crippen molar-refractivity contribution >= 4 is 29.5 Å². The summed E-state index contributed by atoms with van der Waals surface area (Å²) in [5.74, 6) is -2.93. The summed E-state index contributed by atoms with van der Waals surface area (Å²) >= 11 is 0. The summed E-state index contributed by atoms with van der Waals surface area (Å²) in [6.07, 6.45) is -1.15. The number of hydrogen-bond acceptors (Lipinski definition) is 8. The third kappa shape index (κ3) is 6.73. The fourth-order valence-corrected chi connectivity index (χ4v) is 3.34. The Hall–Kier alpha value is -4.59. The molecule has 0 atom stereocenters. The molecule has 0 unspecified atom stereocenters. The minimum atomic E-state index is -1.15. The molecule has 0 aromatic heterocycles. The molecule has 0 amide bonds. The van der Waals surface area contributed by atoms with Crippen molar-refractivity contribution in [3.05, 3.63) is 107 Å². The topological polar surface area (TPSA) is 113 Å². The van der Waals surface area contributed by atoms with Crippen LogP contribution in [-0.2, 0) is 14.2 Å². The second-order valence-electron chi connectivity index (χ2n) is 7.79. The van der Waals surface area contributed by atoms with E-state index < -0.39 is 37.2 Å². The van der Waals surface area contributed by atoms with E-state index in [2.05, 4.69) is 0 Å². The second-order valence-corrected chi connectivity index (χ2v) is 7.79. The third-order valence-electron chi connectivity index (χ3n) is 5.14. The molecule has 0 heterocycles. The van der Waals surface area contributed by atoms with Crippen LogP contribution in [0, 0.1) is 0 Å². The number of benzene rings is 3. The first kappa shape index (κ1) is 26.0. The van der Waals surface area contributed by atoms with Crippen LogP contribution < -0.4 is 0 Å². The van der Waals surface area contributed by atoms with Crippen LogP contribution in [0.1, 0.15) is 65.6 Å². The molecule has 0 saturated heterocycles. The predicted octanol–water partition coefficient (Wildman–Crippen LogP) is 4.33. The Balaban J connectivity index is 1.74. The van der Waals surface area contributed by atoms with Gasteiger partial charge in [0.15, 0.2) is 17.7 Å². The first-order valence-electron chi connectivity index (χ1n) is 11.1. The number of ether oxygens (including phenoxy) is 3. The number of Topliss-reactive ketones (excluding diaryl/α,β-unsaturated/α-hetero) is 2. The Bertz CT molecular complexity index is 1210. The van der Waals surface area contributed by atoms with Crippen molar-refractivity contribution in [3.63, 3.8) is 0 Å². The molecule has 0 fully saturated rings. The molecule has 0 aliphatic rings. The monoisotopic (exact) mass is 488 g/mol. The molecule has 0 aliphatic heterocycles. The maximum Gasteiger partial charge on any atom is 0.339 e. The Morgan fingerprint density at radius 1 is 0.556 bits per heavy atom. The Morgan fingerprint density at radius 2 is 0.944 bits per heavy atom. The first-order chi connectivity index (χ1) is 17.3. The van der Waals surface area contributed by atoms with Crippen LogP contribution in [-0.4, -0.2) is 48.8 Å². The molecule has 8 nitrogen and oxygen atoms in total. The van der Waals surface area contributed by atoms with E-state index in [0.717, 1.165) is 0 Å². The zero-order valence-corrected chi connectivity index (χ0v) is 19.8. The number of esters is 3. The van der Waals surface area contributed by atoms with Crippen molar-refractivity contribution < 1.29 is 38.2 Å². The number of rotatable bonds is 10. The van der Waals surface area contributed by atoms with Gasteiger partial charge in [0, 0.05) is 11.1 Å². The van der Waals surface area contributed by atoms with Gasteiger partial charge in [-0.25, -0.2) is 14.4 Å². The SMILES string of the molecule is CC(=O)c1ccccc1C(=O)OCC(COC(=O)c1ccccc1C(C)=O)OC(=O)c1ccccc1. The van der Waals surface area contributed by atoms with Crippen LogP contribution in [0.3, 0.4) is 0 Å². The van der Waals surface area contributed by atoms with Gasteiger partial charge >= 0.3 is 17.9 Å². The number of carbonyl (C=O) groups is 5. The van der Waals surface area contributed by atoms with Gasteiger partial charge in [-0.05, 0) is 38.1 Å². The Labute approximate surface area is 207 Å². The molecule has 0 aliphatic carbocycles. The summed E-state index contributed by atoms with van der Waals surface area (Å²) in [5.41, 5.74) is 0.750. The fraction of sp³-hybridized carbons (Fsp3) is 0.179. The first-order valence-corrected chi connectivity index (χ1v) is 11.1. The summed E-state index contributed by atoms with van der Waals surface area (Å²) < 4.78 is 16.0. The molecule has 0 bridgehead atoms. The van der Waals surface area contributed by atoms with Crippen LogP contribution in [0.2, 0.25) is 0 Å². The molecule has 8 heteroatoms. The zero-order chi connectivity index (χ0) is 26.1. The lowest BCUT2D eigenvalue weighted by atomic mass is 10.0.